The Morgan fingerprint density at radius 2 is 2.04 bits per heavy atom. The Bertz CT molecular complexity index is 643. The highest BCUT2D eigenvalue weighted by Gasteiger charge is 2.23. The van der Waals surface area contributed by atoms with Crippen LogP contribution >= 0.6 is 0 Å². The maximum absolute atomic E-state index is 12.3. The number of likely N-dealkylation sites (tertiary alicyclic amines) is 1. The summed E-state index contributed by atoms with van der Waals surface area (Å²) in [6.07, 6.45) is 2.37. The maximum Gasteiger partial charge on any atom is 0.335 e. The van der Waals surface area contributed by atoms with E-state index in [2.05, 4.69) is 16.5 Å². The molecule has 2 atom stereocenters. The number of carboxylic acids is 1. The Morgan fingerprint density at radius 3 is 2.61 bits per heavy atom. The molecule has 0 radical (unpaired) electrons. The molecule has 1 heterocycles. The van der Waals surface area contributed by atoms with Crippen LogP contribution in [0.15, 0.2) is 29.2 Å². The van der Waals surface area contributed by atoms with E-state index in [1.807, 2.05) is 6.92 Å². The summed E-state index contributed by atoms with van der Waals surface area (Å²) in [5.41, 5.74) is 0.0691. The fraction of sp³-hybridized carbons (Fsp3) is 0.562. The normalized spacial score (nSPS) is 21.0. The van der Waals surface area contributed by atoms with Crippen molar-refractivity contribution in [2.24, 2.45) is 5.92 Å². The topological polar surface area (TPSA) is 86.7 Å². The standard InChI is InChI=1S/C16H24N2O4S/c1-12-4-3-9-18(11-12)13(2)10-17-23(21,22)15-7-5-14(6-8-15)16(19)20/h5-8,12-13,17H,3-4,9-11H2,1-2H3,(H,19,20). The van der Waals surface area contributed by atoms with Crippen LogP contribution in [0.2, 0.25) is 0 Å². The molecule has 2 N–H and O–H groups in total. The van der Waals surface area contributed by atoms with Gasteiger partial charge in [-0.3, -0.25) is 4.90 Å². The summed E-state index contributed by atoms with van der Waals surface area (Å²) in [6.45, 7) is 6.58. The van der Waals surface area contributed by atoms with Gasteiger partial charge in [-0.1, -0.05) is 6.92 Å². The van der Waals surface area contributed by atoms with E-state index in [0.29, 0.717) is 12.5 Å². The summed E-state index contributed by atoms with van der Waals surface area (Å²) < 4.78 is 27.2. The van der Waals surface area contributed by atoms with Crippen molar-refractivity contribution in [1.82, 2.24) is 9.62 Å². The smallest absolute Gasteiger partial charge is 0.335 e. The van der Waals surface area contributed by atoms with Crippen LogP contribution in [0.3, 0.4) is 0 Å². The van der Waals surface area contributed by atoms with Gasteiger partial charge in [0.05, 0.1) is 10.5 Å². The third-order valence-electron chi connectivity index (χ3n) is 4.29. The molecule has 2 unspecified atom stereocenters. The lowest BCUT2D eigenvalue weighted by Crippen LogP contribution is -2.46. The van der Waals surface area contributed by atoms with Gasteiger partial charge in [-0.15, -0.1) is 0 Å². The summed E-state index contributed by atoms with van der Waals surface area (Å²) in [5.74, 6) is -0.430. The Hall–Kier alpha value is -1.44. The van der Waals surface area contributed by atoms with Gasteiger partial charge in [0.1, 0.15) is 0 Å². The lowest BCUT2D eigenvalue weighted by molar-refractivity contribution is 0.0696. The zero-order valence-electron chi connectivity index (χ0n) is 13.5. The Balaban J connectivity index is 1.96. The van der Waals surface area contributed by atoms with E-state index >= 15 is 0 Å². The summed E-state index contributed by atoms with van der Waals surface area (Å²) in [4.78, 5) is 13.2. The zero-order valence-corrected chi connectivity index (χ0v) is 14.3. The molecule has 0 amide bonds. The number of benzene rings is 1. The van der Waals surface area contributed by atoms with Crippen LogP contribution in [-0.2, 0) is 10.0 Å². The predicted molar refractivity (Wildman–Crippen MR) is 88.0 cm³/mol. The molecule has 6 nitrogen and oxygen atoms in total. The predicted octanol–water partition coefficient (Wildman–Crippen LogP) is 1.78. The van der Waals surface area contributed by atoms with Gasteiger partial charge < -0.3 is 5.11 Å². The number of carbonyl (C=O) groups is 1. The second-order valence-corrected chi connectivity index (χ2v) is 8.04. The number of rotatable bonds is 6. The van der Waals surface area contributed by atoms with E-state index in [4.69, 9.17) is 5.11 Å². The minimum atomic E-state index is -3.62. The quantitative estimate of drug-likeness (QED) is 0.824. The van der Waals surface area contributed by atoms with Crippen LogP contribution in [0.5, 0.6) is 0 Å². The number of sulfonamides is 1. The first-order chi connectivity index (χ1) is 10.8. The van der Waals surface area contributed by atoms with Gasteiger partial charge in [0, 0.05) is 19.1 Å². The van der Waals surface area contributed by atoms with E-state index in [0.717, 1.165) is 19.5 Å². The number of aromatic carboxylic acids is 1. The van der Waals surface area contributed by atoms with Crippen molar-refractivity contribution < 1.29 is 18.3 Å². The highest BCUT2D eigenvalue weighted by atomic mass is 32.2. The molecular formula is C16H24N2O4S. The van der Waals surface area contributed by atoms with Crippen LogP contribution in [0, 0.1) is 5.92 Å². The molecule has 1 aliphatic heterocycles. The number of carboxylic acid groups (broad SMARTS) is 1. The third kappa shape index (κ3) is 4.76. The Labute approximate surface area is 137 Å². The molecule has 0 bridgehead atoms. The van der Waals surface area contributed by atoms with Crippen molar-refractivity contribution in [3.8, 4) is 0 Å². The molecule has 7 heteroatoms. The molecule has 23 heavy (non-hydrogen) atoms. The number of piperidine rings is 1. The van der Waals surface area contributed by atoms with Crippen molar-refractivity contribution in [1.29, 1.82) is 0 Å². The highest BCUT2D eigenvalue weighted by molar-refractivity contribution is 7.89. The van der Waals surface area contributed by atoms with Gasteiger partial charge in [0.15, 0.2) is 0 Å². The van der Waals surface area contributed by atoms with E-state index in [-0.39, 0.29) is 16.5 Å². The van der Waals surface area contributed by atoms with E-state index in [9.17, 15) is 13.2 Å². The second kappa shape index (κ2) is 7.42. The molecule has 0 aliphatic carbocycles. The van der Waals surface area contributed by atoms with Crippen molar-refractivity contribution >= 4 is 16.0 Å². The van der Waals surface area contributed by atoms with Gasteiger partial charge in [-0.2, -0.15) is 0 Å². The van der Waals surface area contributed by atoms with Crippen molar-refractivity contribution in [3.63, 3.8) is 0 Å². The van der Waals surface area contributed by atoms with E-state index in [1.165, 1.54) is 30.7 Å². The number of hydrogen-bond donors (Lipinski definition) is 2. The van der Waals surface area contributed by atoms with Crippen LogP contribution in [0.1, 0.15) is 37.0 Å². The summed E-state index contributed by atoms with van der Waals surface area (Å²) in [5, 5.41) is 8.85. The average Bonchev–Trinajstić information content (AvgIpc) is 2.52. The van der Waals surface area contributed by atoms with Gasteiger partial charge in [0.2, 0.25) is 10.0 Å². The van der Waals surface area contributed by atoms with Gasteiger partial charge in [-0.05, 0) is 56.5 Å². The Morgan fingerprint density at radius 1 is 1.39 bits per heavy atom. The molecular weight excluding hydrogens is 316 g/mol. The minimum absolute atomic E-state index is 0.0691. The number of nitrogens with one attached hydrogen (secondary N) is 1. The first-order valence-corrected chi connectivity index (χ1v) is 9.35. The SMILES string of the molecule is CC1CCCN(C(C)CNS(=O)(=O)c2ccc(C(=O)O)cc2)C1. The summed E-state index contributed by atoms with van der Waals surface area (Å²) in [6, 6.07) is 5.36. The lowest BCUT2D eigenvalue weighted by Gasteiger charge is -2.35. The number of nitrogens with zero attached hydrogens (tertiary/aromatic N) is 1. The van der Waals surface area contributed by atoms with E-state index < -0.39 is 16.0 Å². The largest absolute Gasteiger partial charge is 0.478 e. The Kier molecular flexibility index (Phi) is 5.78. The fourth-order valence-electron chi connectivity index (χ4n) is 2.85. The number of hydrogen-bond acceptors (Lipinski definition) is 4. The molecule has 0 aromatic heterocycles. The first kappa shape index (κ1) is 17.9. The molecule has 1 aromatic carbocycles. The zero-order chi connectivity index (χ0) is 17.0. The molecule has 1 fully saturated rings. The maximum atomic E-state index is 12.3. The van der Waals surface area contributed by atoms with E-state index in [1.54, 1.807) is 0 Å². The molecule has 1 aromatic rings. The van der Waals surface area contributed by atoms with Gasteiger partial charge in [0.25, 0.3) is 0 Å². The highest BCUT2D eigenvalue weighted by Crippen LogP contribution is 2.18. The van der Waals surface area contributed by atoms with Crippen LogP contribution < -0.4 is 4.72 Å². The molecule has 128 valence electrons. The lowest BCUT2D eigenvalue weighted by atomic mass is 9.99. The van der Waals surface area contributed by atoms with Crippen molar-refractivity contribution in [3.05, 3.63) is 29.8 Å². The van der Waals surface area contributed by atoms with Gasteiger partial charge >= 0.3 is 5.97 Å². The van der Waals surface area contributed by atoms with Crippen molar-refractivity contribution in [2.75, 3.05) is 19.6 Å². The van der Waals surface area contributed by atoms with Crippen LogP contribution in [0.4, 0.5) is 0 Å². The molecule has 1 aliphatic rings. The minimum Gasteiger partial charge on any atom is -0.478 e. The molecule has 0 saturated carbocycles. The summed E-state index contributed by atoms with van der Waals surface area (Å²) in [7, 11) is -3.62. The molecule has 0 spiro atoms. The second-order valence-electron chi connectivity index (χ2n) is 6.27. The fourth-order valence-corrected chi connectivity index (χ4v) is 3.97. The van der Waals surface area contributed by atoms with Crippen LogP contribution in [-0.4, -0.2) is 50.1 Å². The van der Waals surface area contributed by atoms with Crippen LogP contribution in [0.25, 0.3) is 0 Å². The first-order valence-electron chi connectivity index (χ1n) is 7.86. The third-order valence-corrected chi connectivity index (χ3v) is 5.73. The molecule has 1 saturated heterocycles. The summed E-state index contributed by atoms with van der Waals surface area (Å²) >= 11 is 0. The van der Waals surface area contributed by atoms with Gasteiger partial charge in [-0.25, -0.2) is 17.9 Å². The average molecular weight is 340 g/mol. The monoisotopic (exact) mass is 340 g/mol. The molecule has 2 rings (SSSR count). The van der Waals surface area contributed by atoms with Crippen molar-refractivity contribution in [2.45, 2.75) is 37.6 Å².